The average Bonchev–Trinajstić information content (AvgIpc) is 2.76. The molecule has 5 nitrogen and oxygen atoms in total. The average molecular weight is 221 g/mol. The van der Waals surface area contributed by atoms with E-state index in [0.717, 1.165) is 12.8 Å². The Morgan fingerprint density at radius 3 is 3.19 bits per heavy atom. The SMILES string of the molecule is Nc1ccnc(C(=O)N2CCCC2CO)c1. The van der Waals surface area contributed by atoms with Crippen molar-refractivity contribution in [3.63, 3.8) is 0 Å². The van der Waals surface area contributed by atoms with Crippen molar-refractivity contribution < 1.29 is 9.90 Å². The quantitative estimate of drug-likeness (QED) is 0.750. The molecular weight excluding hydrogens is 206 g/mol. The lowest BCUT2D eigenvalue weighted by Crippen LogP contribution is -2.38. The Morgan fingerprint density at radius 2 is 2.50 bits per heavy atom. The minimum atomic E-state index is -0.149. The summed E-state index contributed by atoms with van der Waals surface area (Å²) >= 11 is 0. The standard InChI is InChI=1S/C11H15N3O2/c12-8-3-4-13-10(6-8)11(16)14-5-1-2-9(14)7-15/h3-4,6,9,15H,1-2,5,7H2,(H2,12,13). The van der Waals surface area contributed by atoms with Crippen LogP contribution in [0, 0.1) is 0 Å². The summed E-state index contributed by atoms with van der Waals surface area (Å²) in [6, 6.07) is 3.13. The Kier molecular flexibility index (Phi) is 3.05. The molecule has 16 heavy (non-hydrogen) atoms. The van der Waals surface area contributed by atoms with Gasteiger partial charge in [0, 0.05) is 18.4 Å². The first-order valence-corrected chi connectivity index (χ1v) is 5.35. The number of nitrogens with two attached hydrogens (primary N) is 1. The van der Waals surface area contributed by atoms with Crippen LogP contribution in [0.1, 0.15) is 23.3 Å². The molecule has 3 N–H and O–H groups in total. The summed E-state index contributed by atoms with van der Waals surface area (Å²) in [6.07, 6.45) is 3.30. The molecule has 0 bridgehead atoms. The maximum Gasteiger partial charge on any atom is 0.272 e. The molecule has 86 valence electrons. The Morgan fingerprint density at radius 1 is 1.69 bits per heavy atom. The van der Waals surface area contributed by atoms with Crippen LogP contribution in [0.4, 0.5) is 5.69 Å². The van der Waals surface area contributed by atoms with Gasteiger partial charge in [-0.15, -0.1) is 0 Å². The highest BCUT2D eigenvalue weighted by atomic mass is 16.3. The second kappa shape index (κ2) is 4.49. The van der Waals surface area contributed by atoms with E-state index in [-0.39, 0.29) is 18.6 Å². The molecule has 1 aliphatic rings. The Hall–Kier alpha value is -1.62. The van der Waals surface area contributed by atoms with Crippen molar-refractivity contribution in [3.8, 4) is 0 Å². The van der Waals surface area contributed by atoms with E-state index in [0.29, 0.717) is 17.9 Å². The molecule has 0 aromatic carbocycles. The van der Waals surface area contributed by atoms with Gasteiger partial charge in [-0.1, -0.05) is 0 Å². The highest BCUT2D eigenvalue weighted by Gasteiger charge is 2.29. The fourth-order valence-electron chi connectivity index (χ4n) is 2.00. The van der Waals surface area contributed by atoms with E-state index in [9.17, 15) is 4.79 Å². The van der Waals surface area contributed by atoms with Gasteiger partial charge in [0.15, 0.2) is 0 Å². The van der Waals surface area contributed by atoms with Crippen LogP contribution < -0.4 is 5.73 Å². The molecule has 5 heteroatoms. The van der Waals surface area contributed by atoms with E-state index in [4.69, 9.17) is 10.8 Å². The number of nitrogens with zero attached hydrogens (tertiary/aromatic N) is 2. The Bertz CT molecular complexity index is 395. The van der Waals surface area contributed by atoms with Crippen LogP contribution in [0.3, 0.4) is 0 Å². The van der Waals surface area contributed by atoms with E-state index in [1.807, 2.05) is 0 Å². The van der Waals surface area contributed by atoms with Crippen LogP contribution in [0.25, 0.3) is 0 Å². The van der Waals surface area contributed by atoms with Gasteiger partial charge in [-0.2, -0.15) is 0 Å². The third kappa shape index (κ3) is 1.99. The van der Waals surface area contributed by atoms with Crippen molar-refractivity contribution in [3.05, 3.63) is 24.0 Å². The topological polar surface area (TPSA) is 79.5 Å². The molecule has 1 unspecified atom stereocenters. The highest BCUT2D eigenvalue weighted by Crippen LogP contribution is 2.19. The molecule has 1 amide bonds. The molecule has 1 fully saturated rings. The van der Waals surface area contributed by atoms with E-state index < -0.39 is 0 Å². The van der Waals surface area contributed by atoms with Gasteiger partial charge in [0.1, 0.15) is 5.69 Å². The molecule has 1 saturated heterocycles. The summed E-state index contributed by atoms with van der Waals surface area (Å²) < 4.78 is 0. The van der Waals surface area contributed by atoms with Gasteiger partial charge in [0.2, 0.25) is 0 Å². The van der Waals surface area contributed by atoms with Crippen LogP contribution in [0.15, 0.2) is 18.3 Å². The zero-order valence-corrected chi connectivity index (χ0v) is 8.97. The number of carbonyl (C=O) groups is 1. The summed E-state index contributed by atoms with van der Waals surface area (Å²) in [5.41, 5.74) is 6.48. The van der Waals surface area contributed by atoms with Gasteiger partial charge in [-0.25, -0.2) is 0 Å². The van der Waals surface area contributed by atoms with Crippen LogP contribution >= 0.6 is 0 Å². The van der Waals surface area contributed by atoms with Gasteiger partial charge in [0.25, 0.3) is 5.91 Å². The van der Waals surface area contributed by atoms with Crippen molar-refractivity contribution in [1.82, 2.24) is 9.88 Å². The van der Waals surface area contributed by atoms with E-state index in [2.05, 4.69) is 4.98 Å². The van der Waals surface area contributed by atoms with Crippen LogP contribution in [-0.2, 0) is 0 Å². The molecule has 1 atom stereocenters. The third-order valence-electron chi connectivity index (χ3n) is 2.85. The Labute approximate surface area is 93.9 Å². The molecule has 0 aliphatic carbocycles. The lowest BCUT2D eigenvalue weighted by Gasteiger charge is -2.22. The number of aliphatic hydroxyl groups excluding tert-OH is 1. The first-order chi connectivity index (χ1) is 7.72. The molecule has 0 radical (unpaired) electrons. The van der Waals surface area contributed by atoms with E-state index in [1.54, 1.807) is 17.0 Å². The lowest BCUT2D eigenvalue weighted by molar-refractivity contribution is 0.0672. The molecule has 2 heterocycles. The number of amides is 1. The third-order valence-corrected chi connectivity index (χ3v) is 2.85. The second-order valence-corrected chi connectivity index (χ2v) is 3.95. The van der Waals surface area contributed by atoms with Gasteiger partial charge in [-0.05, 0) is 25.0 Å². The number of nitrogen functional groups attached to an aromatic ring is 1. The minimum absolute atomic E-state index is 0.00799. The number of hydrogen-bond donors (Lipinski definition) is 2. The number of aromatic nitrogens is 1. The van der Waals surface area contributed by atoms with Crippen LogP contribution in [0.5, 0.6) is 0 Å². The number of carbonyl (C=O) groups excluding carboxylic acids is 1. The molecule has 1 aromatic rings. The van der Waals surface area contributed by atoms with Crippen molar-refractivity contribution in [2.24, 2.45) is 0 Å². The second-order valence-electron chi connectivity index (χ2n) is 3.95. The molecule has 0 spiro atoms. The highest BCUT2D eigenvalue weighted by molar-refractivity contribution is 5.93. The maximum atomic E-state index is 12.1. The first kappa shape index (κ1) is 10.9. The molecule has 1 aliphatic heterocycles. The first-order valence-electron chi connectivity index (χ1n) is 5.35. The molecule has 1 aromatic heterocycles. The monoisotopic (exact) mass is 221 g/mol. The number of likely N-dealkylation sites (tertiary alicyclic amines) is 1. The number of anilines is 1. The summed E-state index contributed by atoms with van der Waals surface area (Å²) in [5.74, 6) is -0.149. The summed E-state index contributed by atoms with van der Waals surface area (Å²) in [6.45, 7) is 0.689. The van der Waals surface area contributed by atoms with Crippen molar-refractivity contribution in [2.45, 2.75) is 18.9 Å². The Balaban J connectivity index is 2.18. The zero-order chi connectivity index (χ0) is 11.5. The smallest absolute Gasteiger partial charge is 0.272 e. The molecule has 2 rings (SSSR count). The van der Waals surface area contributed by atoms with Crippen LogP contribution in [-0.4, -0.2) is 40.1 Å². The predicted molar refractivity (Wildman–Crippen MR) is 59.8 cm³/mol. The number of pyridine rings is 1. The predicted octanol–water partition coefficient (Wildman–Crippen LogP) is 0.261. The lowest BCUT2D eigenvalue weighted by atomic mass is 10.2. The van der Waals surface area contributed by atoms with Gasteiger partial charge in [0.05, 0.1) is 12.6 Å². The summed E-state index contributed by atoms with van der Waals surface area (Å²) in [5, 5.41) is 9.15. The van der Waals surface area contributed by atoms with Crippen molar-refractivity contribution in [1.29, 1.82) is 0 Å². The number of rotatable bonds is 2. The summed E-state index contributed by atoms with van der Waals surface area (Å²) in [4.78, 5) is 17.7. The zero-order valence-electron chi connectivity index (χ0n) is 8.97. The van der Waals surface area contributed by atoms with Gasteiger partial charge in [-0.3, -0.25) is 9.78 Å². The minimum Gasteiger partial charge on any atom is -0.399 e. The van der Waals surface area contributed by atoms with Gasteiger partial charge < -0.3 is 15.7 Å². The molecular formula is C11H15N3O2. The van der Waals surface area contributed by atoms with Crippen molar-refractivity contribution >= 4 is 11.6 Å². The fraction of sp³-hybridized carbons (Fsp3) is 0.455. The van der Waals surface area contributed by atoms with E-state index in [1.165, 1.54) is 6.20 Å². The van der Waals surface area contributed by atoms with Crippen molar-refractivity contribution in [2.75, 3.05) is 18.9 Å². The van der Waals surface area contributed by atoms with Crippen LogP contribution in [0.2, 0.25) is 0 Å². The molecule has 0 saturated carbocycles. The number of aliphatic hydroxyl groups is 1. The van der Waals surface area contributed by atoms with E-state index >= 15 is 0 Å². The van der Waals surface area contributed by atoms with Gasteiger partial charge >= 0.3 is 0 Å². The largest absolute Gasteiger partial charge is 0.399 e. The fourth-order valence-corrected chi connectivity index (χ4v) is 2.00. The number of hydrogen-bond acceptors (Lipinski definition) is 4. The normalized spacial score (nSPS) is 20.1. The maximum absolute atomic E-state index is 12.1. The summed E-state index contributed by atoms with van der Waals surface area (Å²) in [7, 11) is 0.